The molecule has 86 valence electrons. The molecule has 2 heterocycles. The van der Waals surface area contributed by atoms with E-state index >= 15 is 0 Å². The molecule has 2 aliphatic rings. The van der Waals surface area contributed by atoms with Gasteiger partial charge in [0.05, 0.1) is 22.4 Å². The normalized spacial score (nSPS) is 11.2. The Bertz CT molecular complexity index is 671. The molecular weight excluding hydrogens is 216 g/mol. The quantitative estimate of drug-likeness (QED) is 0.585. The molecule has 0 spiro atoms. The van der Waals surface area contributed by atoms with Gasteiger partial charge in [0, 0.05) is 12.6 Å². The van der Waals surface area contributed by atoms with Crippen molar-refractivity contribution in [3.05, 3.63) is 17.7 Å². The van der Waals surface area contributed by atoms with Crippen LogP contribution in [0.3, 0.4) is 0 Å². The summed E-state index contributed by atoms with van der Waals surface area (Å²) >= 11 is 0. The van der Waals surface area contributed by atoms with Crippen molar-refractivity contribution < 1.29 is 0 Å². The van der Waals surface area contributed by atoms with Crippen molar-refractivity contribution >= 4 is 22.9 Å². The van der Waals surface area contributed by atoms with Gasteiger partial charge in [-0.1, -0.05) is 0 Å². The lowest BCUT2D eigenvalue weighted by Gasteiger charge is -1.92. The number of aromatic nitrogens is 4. The summed E-state index contributed by atoms with van der Waals surface area (Å²) in [6, 6.07) is 3.83. The zero-order valence-corrected chi connectivity index (χ0v) is 9.57. The second-order valence-electron chi connectivity index (χ2n) is 3.87. The van der Waals surface area contributed by atoms with E-state index in [9.17, 15) is 0 Å². The summed E-state index contributed by atoms with van der Waals surface area (Å²) in [5.74, 6) is 1.03. The fourth-order valence-electron chi connectivity index (χ4n) is 1.95. The predicted molar refractivity (Wildman–Crippen MR) is 67.0 cm³/mol. The molecule has 1 aliphatic carbocycles. The Morgan fingerprint density at radius 1 is 1.24 bits per heavy atom. The first-order chi connectivity index (χ1) is 8.19. The van der Waals surface area contributed by atoms with E-state index in [0.29, 0.717) is 11.9 Å². The number of hydrogen-bond donors (Lipinski definition) is 3. The van der Waals surface area contributed by atoms with Crippen LogP contribution in [-0.2, 0) is 0 Å². The van der Waals surface area contributed by atoms with Crippen molar-refractivity contribution in [3.8, 4) is 11.4 Å². The molecule has 17 heavy (non-hydrogen) atoms. The third-order valence-electron chi connectivity index (χ3n) is 2.78. The Balaban J connectivity index is 2.42. The monoisotopic (exact) mass is 228 g/mol. The summed E-state index contributed by atoms with van der Waals surface area (Å²) in [5.41, 5.74) is 10.1. The van der Waals surface area contributed by atoms with E-state index in [4.69, 9.17) is 5.73 Å². The van der Waals surface area contributed by atoms with E-state index in [0.717, 1.165) is 28.0 Å². The number of nitrogens with two attached hydrogens (primary N) is 1. The maximum Gasteiger partial charge on any atom is 0.223 e. The number of H-pyrrole nitrogens is 1. The maximum atomic E-state index is 5.66. The lowest BCUT2D eigenvalue weighted by Crippen LogP contribution is -1.88. The molecule has 0 amide bonds. The van der Waals surface area contributed by atoms with E-state index in [-0.39, 0.29) is 0 Å². The van der Waals surface area contributed by atoms with Gasteiger partial charge in [0.1, 0.15) is 0 Å². The summed E-state index contributed by atoms with van der Waals surface area (Å²) in [4.78, 5) is 16.1. The van der Waals surface area contributed by atoms with Crippen LogP contribution in [-0.4, -0.2) is 27.0 Å². The first kappa shape index (κ1) is 9.83. The molecule has 0 bridgehead atoms. The molecule has 0 aromatic carbocycles. The molecule has 0 atom stereocenters. The van der Waals surface area contributed by atoms with Gasteiger partial charge in [0.2, 0.25) is 5.95 Å². The highest BCUT2D eigenvalue weighted by atomic mass is 15.1. The van der Waals surface area contributed by atoms with Crippen molar-refractivity contribution in [1.29, 1.82) is 0 Å². The van der Waals surface area contributed by atoms with Gasteiger partial charge in [-0.2, -0.15) is 0 Å². The van der Waals surface area contributed by atoms with Crippen LogP contribution in [0.15, 0.2) is 12.1 Å². The Hall–Kier alpha value is -2.37. The minimum atomic E-state index is 0.413. The van der Waals surface area contributed by atoms with Gasteiger partial charge in [0.15, 0.2) is 5.95 Å². The highest BCUT2D eigenvalue weighted by Gasteiger charge is 2.15. The van der Waals surface area contributed by atoms with Crippen LogP contribution in [0, 0.1) is 6.92 Å². The van der Waals surface area contributed by atoms with Crippen molar-refractivity contribution in [2.24, 2.45) is 0 Å². The van der Waals surface area contributed by atoms with Crippen LogP contribution in [0.2, 0.25) is 0 Å². The van der Waals surface area contributed by atoms with E-state index in [1.54, 1.807) is 7.05 Å². The molecule has 1 aliphatic heterocycles. The van der Waals surface area contributed by atoms with Gasteiger partial charge in [-0.05, 0) is 19.1 Å². The van der Waals surface area contributed by atoms with Gasteiger partial charge < -0.3 is 16.0 Å². The van der Waals surface area contributed by atoms with Crippen molar-refractivity contribution in [2.75, 3.05) is 18.1 Å². The fourth-order valence-corrected chi connectivity index (χ4v) is 1.95. The molecule has 4 N–H and O–H groups in total. The largest absolute Gasteiger partial charge is 0.369 e. The van der Waals surface area contributed by atoms with Crippen molar-refractivity contribution in [2.45, 2.75) is 6.92 Å². The van der Waals surface area contributed by atoms with Crippen LogP contribution in [0.4, 0.5) is 11.9 Å². The van der Waals surface area contributed by atoms with Gasteiger partial charge in [-0.15, -0.1) is 0 Å². The van der Waals surface area contributed by atoms with Gasteiger partial charge in [-0.25, -0.2) is 15.0 Å². The first-order valence-electron chi connectivity index (χ1n) is 5.29. The van der Waals surface area contributed by atoms with Crippen molar-refractivity contribution in [3.63, 3.8) is 0 Å². The topological polar surface area (TPSA) is 92.5 Å². The zero-order chi connectivity index (χ0) is 12.0. The molecule has 1 aromatic heterocycles. The summed E-state index contributed by atoms with van der Waals surface area (Å²) in [6.45, 7) is 1.97. The average Bonchev–Trinajstić information content (AvgIpc) is 2.86. The molecule has 6 heteroatoms. The summed E-state index contributed by atoms with van der Waals surface area (Å²) in [7, 11) is 1.80. The van der Waals surface area contributed by atoms with Gasteiger partial charge in [0.25, 0.3) is 0 Å². The number of anilines is 2. The number of aryl methyl sites for hydroxylation is 1. The minimum absolute atomic E-state index is 0.413. The van der Waals surface area contributed by atoms with Crippen LogP contribution >= 0.6 is 0 Å². The third kappa shape index (κ3) is 1.37. The number of nitrogens with one attached hydrogen (secondary N) is 2. The molecule has 0 unspecified atom stereocenters. The number of rotatable bonds is 1. The number of aromatic amines is 1. The second-order valence-corrected chi connectivity index (χ2v) is 3.87. The van der Waals surface area contributed by atoms with Crippen LogP contribution in [0.5, 0.6) is 0 Å². The third-order valence-corrected chi connectivity index (χ3v) is 2.78. The summed E-state index contributed by atoms with van der Waals surface area (Å²) in [6.07, 6.45) is 0. The van der Waals surface area contributed by atoms with Crippen molar-refractivity contribution in [1.82, 2.24) is 19.9 Å². The Kier molecular flexibility index (Phi) is 1.91. The zero-order valence-electron chi connectivity index (χ0n) is 9.57. The SMILES string of the molecule is CNc1nc2ccc3[nH]c(N)nc3c(C)c-2n1. The van der Waals surface area contributed by atoms with E-state index < -0.39 is 0 Å². The standard InChI is InChI=1S/C11H12N6/c1-5-8-6(14-10(12)16-8)3-4-7-9(5)17-11(13-2)15-7/h3-4H,1-2H3,(H3,12,14,16)(H,13,15,17). The fraction of sp³-hybridized carbons (Fsp3) is 0.182. The predicted octanol–water partition coefficient (Wildman–Crippen LogP) is 1.39. The Labute approximate surface area is 97.6 Å². The average molecular weight is 228 g/mol. The van der Waals surface area contributed by atoms with Crippen LogP contribution in [0.25, 0.3) is 22.4 Å². The lowest BCUT2D eigenvalue weighted by molar-refractivity contribution is 1.27. The molecule has 0 saturated carbocycles. The van der Waals surface area contributed by atoms with Crippen LogP contribution < -0.4 is 11.1 Å². The molecule has 6 nitrogen and oxygen atoms in total. The molecule has 0 fully saturated rings. The minimum Gasteiger partial charge on any atom is -0.369 e. The smallest absolute Gasteiger partial charge is 0.223 e. The molecule has 1 aromatic rings. The highest BCUT2D eigenvalue weighted by Crippen LogP contribution is 2.28. The molecule has 0 saturated heterocycles. The Morgan fingerprint density at radius 3 is 2.82 bits per heavy atom. The number of nitrogen functional groups attached to an aromatic ring is 1. The van der Waals surface area contributed by atoms with E-state index in [2.05, 4.69) is 25.3 Å². The highest BCUT2D eigenvalue weighted by molar-refractivity contribution is 5.86. The summed E-state index contributed by atoms with van der Waals surface area (Å²) < 4.78 is 0. The molecule has 3 rings (SSSR count). The van der Waals surface area contributed by atoms with Gasteiger partial charge >= 0.3 is 0 Å². The lowest BCUT2D eigenvalue weighted by atomic mass is 10.2. The summed E-state index contributed by atoms with van der Waals surface area (Å²) in [5, 5.41) is 2.93. The van der Waals surface area contributed by atoms with Crippen LogP contribution in [0.1, 0.15) is 5.56 Å². The number of fused-ring (bicyclic) bond motifs is 2. The van der Waals surface area contributed by atoms with E-state index in [1.165, 1.54) is 0 Å². The number of imidazole rings is 2. The molecular formula is C11H12N6. The van der Waals surface area contributed by atoms with Gasteiger partial charge in [-0.3, -0.25) is 0 Å². The Morgan fingerprint density at radius 2 is 2.06 bits per heavy atom. The second kappa shape index (κ2) is 3.31. The molecule has 0 radical (unpaired) electrons. The first-order valence-corrected chi connectivity index (χ1v) is 5.29. The maximum absolute atomic E-state index is 5.66. The number of nitrogens with zero attached hydrogens (tertiary/aromatic N) is 3. The van der Waals surface area contributed by atoms with E-state index in [1.807, 2.05) is 19.1 Å². The number of hydrogen-bond acceptors (Lipinski definition) is 5.